The van der Waals surface area contributed by atoms with Crippen LogP contribution < -0.4 is 0 Å². The van der Waals surface area contributed by atoms with E-state index in [-0.39, 0.29) is 5.92 Å². The molecule has 1 aromatic heterocycles. The molecule has 0 spiro atoms. The molecule has 1 aliphatic heterocycles. The molecular weight excluding hydrogens is 200 g/mol. The van der Waals surface area contributed by atoms with Gasteiger partial charge in [-0.25, -0.2) is 0 Å². The Balaban J connectivity index is 2.26. The van der Waals surface area contributed by atoms with Gasteiger partial charge in [0.05, 0.1) is 11.6 Å². The lowest BCUT2D eigenvalue weighted by atomic mass is 10.1. The Morgan fingerprint density at radius 3 is 3.07 bits per heavy atom. The molecule has 1 unspecified atom stereocenters. The summed E-state index contributed by atoms with van der Waals surface area (Å²) in [6.07, 6.45) is 3.60. The van der Waals surface area contributed by atoms with E-state index < -0.39 is 5.97 Å². The Kier molecular flexibility index (Phi) is 2.33. The van der Waals surface area contributed by atoms with Crippen LogP contribution in [0.4, 0.5) is 0 Å². The van der Waals surface area contributed by atoms with Crippen molar-refractivity contribution in [3.63, 3.8) is 0 Å². The summed E-state index contributed by atoms with van der Waals surface area (Å²) in [6, 6.07) is 0. The highest BCUT2D eigenvalue weighted by atomic mass is 32.2. The number of aliphatic carboxylic acids is 1. The fourth-order valence-electron chi connectivity index (χ4n) is 1.38. The first kappa shape index (κ1) is 9.33. The average Bonchev–Trinajstić information content (AvgIpc) is 2.71. The number of H-pyrrole nitrogens is 1. The number of nitrogens with one attached hydrogen (secondary N) is 1. The molecule has 1 aliphatic rings. The molecule has 0 radical (unpaired) electrons. The molecule has 0 saturated carbocycles. The molecule has 14 heavy (non-hydrogen) atoms. The molecule has 5 heteroatoms. The average molecular weight is 210 g/mol. The number of carbonyl (C=O) groups is 1. The number of aromatic amines is 1. The van der Waals surface area contributed by atoms with Crippen LogP contribution in [0.2, 0.25) is 0 Å². The van der Waals surface area contributed by atoms with Gasteiger partial charge in [0.15, 0.2) is 0 Å². The van der Waals surface area contributed by atoms with Gasteiger partial charge in [-0.3, -0.25) is 9.89 Å². The number of aryl methyl sites for hydroxylation is 1. The van der Waals surface area contributed by atoms with Gasteiger partial charge < -0.3 is 5.11 Å². The first-order valence-electron chi connectivity index (χ1n) is 4.26. The number of nitrogens with zero attached hydrogens (tertiary/aromatic N) is 1. The Hall–Kier alpha value is -1.23. The van der Waals surface area contributed by atoms with Gasteiger partial charge in [0.1, 0.15) is 0 Å². The molecule has 4 nitrogen and oxygen atoms in total. The van der Waals surface area contributed by atoms with Crippen molar-refractivity contribution in [1.29, 1.82) is 0 Å². The van der Waals surface area contributed by atoms with E-state index in [1.807, 2.05) is 6.92 Å². The summed E-state index contributed by atoms with van der Waals surface area (Å²) in [6.45, 7) is 1.90. The monoisotopic (exact) mass is 210 g/mol. The smallest absolute Gasteiger partial charge is 0.311 e. The number of hydrogen-bond donors (Lipinski definition) is 2. The minimum atomic E-state index is -0.756. The highest BCUT2D eigenvalue weighted by molar-refractivity contribution is 8.08. The van der Waals surface area contributed by atoms with Crippen molar-refractivity contribution in [2.75, 3.05) is 5.75 Å². The summed E-state index contributed by atoms with van der Waals surface area (Å²) >= 11 is 1.57. The molecule has 1 aromatic rings. The van der Waals surface area contributed by atoms with Gasteiger partial charge in [0.25, 0.3) is 0 Å². The fraction of sp³-hybridized carbons (Fsp3) is 0.333. The van der Waals surface area contributed by atoms with Gasteiger partial charge in [-0.2, -0.15) is 5.10 Å². The summed E-state index contributed by atoms with van der Waals surface area (Å²) < 4.78 is 0. The van der Waals surface area contributed by atoms with E-state index >= 15 is 0 Å². The van der Waals surface area contributed by atoms with Crippen LogP contribution in [0.15, 0.2) is 12.3 Å². The number of carboxylic acid groups (broad SMARTS) is 1. The molecule has 74 valence electrons. The lowest BCUT2D eigenvalue weighted by Crippen LogP contribution is -2.10. The number of aromatic nitrogens is 2. The summed E-state index contributed by atoms with van der Waals surface area (Å²) in [4.78, 5) is 11.7. The quantitative estimate of drug-likeness (QED) is 0.776. The zero-order valence-electron chi connectivity index (χ0n) is 7.65. The van der Waals surface area contributed by atoms with Crippen LogP contribution in [0.25, 0.3) is 4.91 Å². The van der Waals surface area contributed by atoms with Crippen molar-refractivity contribution in [3.8, 4) is 0 Å². The Morgan fingerprint density at radius 1 is 1.79 bits per heavy atom. The molecule has 1 atom stereocenters. The topological polar surface area (TPSA) is 66.0 Å². The Bertz CT molecular complexity index is 397. The molecule has 2 heterocycles. The van der Waals surface area contributed by atoms with Crippen molar-refractivity contribution < 1.29 is 9.90 Å². The van der Waals surface area contributed by atoms with Crippen molar-refractivity contribution in [1.82, 2.24) is 10.2 Å². The van der Waals surface area contributed by atoms with Crippen molar-refractivity contribution in [3.05, 3.63) is 23.5 Å². The van der Waals surface area contributed by atoms with E-state index in [0.717, 1.165) is 16.2 Å². The molecule has 0 amide bonds. The van der Waals surface area contributed by atoms with Crippen LogP contribution in [0, 0.1) is 12.8 Å². The molecule has 0 fully saturated rings. The second-order valence-corrected chi connectivity index (χ2v) is 4.23. The van der Waals surface area contributed by atoms with Crippen LogP contribution >= 0.6 is 11.8 Å². The molecule has 0 aliphatic carbocycles. The van der Waals surface area contributed by atoms with E-state index in [2.05, 4.69) is 10.2 Å². The molecule has 2 N–H and O–H groups in total. The highest BCUT2D eigenvalue weighted by Crippen LogP contribution is 2.37. The molecule has 0 saturated heterocycles. The predicted octanol–water partition coefficient (Wildman–Crippen LogP) is 1.51. The third-order valence-corrected chi connectivity index (χ3v) is 3.38. The minimum Gasteiger partial charge on any atom is -0.481 e. The van der Waals surface area contributed by atoms with Crippen molar-refractivity contribution >= 4 is 22.6 Å². The summed E-state index contributed by atoms with van der Waals surface area (Å²) in [5.41, 5.74) is 1.92. The Morgan fingerprint density at radius 2 is 2.57 bits per heavy atom. The van der Waals surface area contributed by atoms with E-state index in [4.69, 9.17) is 5.11 Å². The van der Waals surface area contributed by atoms with Crippen LogP contribution in [-0.4, -0.2) is 27.0 Å². The zero-order chi connectivity index (χ0) is 10.1. The maximum atomic E-state index is 10.7. The van der Waals surface area contributed by atoms with Gasteiger partial charge in [0.2, 0.25) is 0 Å². The summed E-state index contributed by atoms with van der Waals surface area (Å²) in [5, 5.41) is 15.6. The summed E-state index contributed by atoms with van der Waals surface area (Å²) in [5.74, 6) is -0.493. The van der Waals surface area contributed by atoms with Crippen molar-refractivity contribution in [2.24, 2.45) is 5.92 Å². The maximum absolute atomic E-state index is 10.7. The fourth-order valence-corrected chi connectivity index (χ4v) is 2.60. The number of hydrogen-bond acceptors (Lipinski definition) is 3. The molecule has 0 bridgehead atoms. The van der Waals surface area contributed by atoms with Crippen LogP contribution in [0.5, 0.6) is 0 Å². The second-order valence-electron chi connectivity index (χ2n) is 3.17. The largest absolute Gasteiger partial charge is 0.481 e. The van der Waals surface area contributed by atoms with Gasteiger partial charge in [-0.15, -0.1) is 11.8 Å². The van der Waals surface area contributed by atoms with E-state index in [1.165, 1.54) is 0 Å². The Labute approximate surface area is 85.4 Å². The number of thioether (sulfide) groups is 1. The van der Waals surface area contributed by atoms with E-state index in [0.29, 0.717) is 5.75 Å². The third kappa shape index (κ3) is 1.55. The highest BCUT2D eigenvalue weighted by Gasteiger charge is 2.24. The molecular formula is C9H10N2O2S. The first-order valence-corrected chi connectivity index (χ1v) is 5.25. The van der Waals surface area contributed by atoms with Crippen LogP contribution in [0.3, 0.4) is 0 Å². The van der Waals surface area contributed by atoms with E-state index in [1.54, 1.807) is 24.0 Å². The minimum absolute atomic E-state index is 0.357. The van der Waals surface area contributed by atoms with Gasteiger partial charge in [0, 0.05) is 22.4 Å². The molecule has 0 aromatic carbocycles. The number of rotatable bonds is 2. The van der Waals surface area contributed by atoms with Gasteiger partial charge in [-0.05, 0) is 6.92 Å². The zero-order valence-corrected chi connectivity index (χ0v) is 8.47. The SMILES string of the molecule is Cc1n[nH]cc1C1=CC(C(=O)O)CS1. The van der Waals surface area contributed by atoms with Crippen LogP contribution in [0.1, 0.15) is 11.3 Å². The van der Waals surface area contributed by atoms with Gasteiger partial charge >= 0.3 is 5.97 Å². The molecule has 2 rings (SSSR count). The lowest BCUT2D eigenvalue weighted by Gasteiger charge is -1.95. The first-order chi connectivity index (χ1) is 6.68. The normalized spacial score (nSPS) is 20.9. The predicted molar refractivity (Wildman–Crippen MR) is 54.9 cm³/mol. The maximum Gasteiger partial charge on any atom is 0.311 e. The lowest BCUT2D eigenvalue weighted by molar-refractivity contribution is -0.139. The van der Waals surface area contributed by atoms with Gasteiger partial charge in [-0.1, -0.05) is 6.08 Å². The number of carboxylic acids is 1. The standard InChI is InChI=1S/C9H10N2O2S/c1-5-7(3-10-11-5)8-2-6(4-14-8)9(12)13/h2-3,6H,4H2,1H3,(H,10,11)(H,12,13). The van der Waals surface area contributed by atoms with Crippen molar-refractivity contribution in [2.45, 2.75) is 6.92 Å². The van der Waals surface area contributed by atoms with Crippen LogP contribution in [-0.2, 0) is 4.79 Å². The van der Waals surface area contributed by atoms with E-state index in [9.17, 15) is 4.79 Å². The third-order valence-electron chi connectivity index (χ3n) is 2.18. The summed E-state index contributed by atoms with van der Waals surface area (Å²) in [7, 11) is 0. The second kappa shape index (κ2) is 3.49.